The summed E-state index contributed by atoms with van der Waals surface area (Å²) >= 11 is 12.0. The number of amides is 1. The van der Waals surface area contributed by atoms with Crippen LogP contribution in [0.3, 0.4) is 0 Å². The van der Waals surface area contributed by atoms with E-state index in [1.807, 2.05) is 19.1 Å². The van der Waals surface area contributed by atoms with E-state index in [1.54, 1.807) is 24.4 Å². The molecule has 4 atom stereocenters. The Morgan fingerprint density at radius 2 is 1.96 bits per heavy atom. The van der Waals surface area contributed by atoms with Crippen LogP contribution in [-0.2, 0) is 9.53 Å². The quantitative estimate of drug-likeness (QED) is 0.851. The molecule has 6 heteroatoms. The Morgan fingerprint density at radius 3 is 2.72 bits per heavy atom. The van der Waals surface area contributed by atoms with Gasteiger partial charge < -0.3 is 10.1 Å². The van der Waals surface area contributed by atoms with Crippen molar-refractivity contribution in [2.75, 3.05) is 5.32 Å². The van der Waals surface area contributed by atoms with Crippen LogP contribution in [0.2, 0.25) is 10.0 Å². The van der Waals surface area contributed by atoms with Crippen molar-refractivity contribution in [1.82, 2.24) is 4.98 Å². The first-order valence-corrected chi connectivity index (χ1v) is 9.12. The number of aryl methyl sites for hydroxylation is 1. The molecule has 0 spiro atoms. The van der Waals surface area contributed by atoms with Crippen LogP contribution in [0.4, 0.5) is 5.69 Å². The molecule has 0 radical (unpaired) electrons. The number of carbonyl (C=O) groups excluding carboxylic acids is 1. The summed E-state index contributed by atoms with van der Waals surface area (Å²) in [6, 6.07) is 9.14. The smallest absolute Gasteiger partial charge is 0.230 e. The van der Waals surface area contributed by atoms with Crippen LogP contribution in [0.5, 0.6) is 0 Å². The SMILES string of the molecule is Cc1cc([C@@H]2[C@@H](C(=O)Nc3ccc(Cl)c(Cl)c3)[C@H]3CC[C@@H]2O3)ccn1. The van der Waals surface area contributed by atoms with Crippen molar-refractivity contribution in [3.8, 4) is 0 Å². The van der Waals surface area contributed by atoms with Crippen molar-refractivity contribution in [2.45, 2.75) is 37.9 Å². The molecule has 0 unspecified atom stereocenters. The number of hydrogen-bond acceptors (Lipinski definition) is 3. The predicted molar refractivity (Wildman–Crippen MR) is 98.2 cm³/mol. The highest BCUT2D eigenvalue weighted by molar-refractivity contribution is 6.42. The molecule has 2 fully saturated rings. The van der Waals surface area contributed by atoms with Gasteiger partial charge >= 0.3 is 0 Å². The van der Waals surface area contributed by atoms with Gasteiger partial charge in [-0.1, -0.05) is 23.2 Å². The number of nitrogens with zero attached hydrogens (tertiary/aromatic N) is 1. The van der Waals surface area contributed by atoms with Gasteiger partial charge in [0.2, 0.25) is 5.91 Å². The van der Waals surface area contributed by atoms with Crippen LogP contribution in [0.25, 0.3) is 0 Å². The van der Waals surface area contributed by atoms with Gasteiger partial charge in [0.25, 0.3) is 0 Å². The molecule has 1 N–H and O–H groups in total. The van der Waals surface area contributed by atoms with Gasteiger partial charge in [0.15, 0.2) is 0 Å². The number of halogens is 2. The highest BCUT2D eigenvalue weighted by Gasteiger charge is 2.52. The van der Waals surface area contributed by atoms with E-state index in [2.05, 4.69) is 10.3 Å². The molecule has 2 saturated heterocycles. The lowest BCUT2D eigenvalue weighted by Crippen LogP contribution is -2.36. The van der Waals surface area contributed by atoms with Gasteiger partial charge in [-0.2, -0.15) is 0 Å². The standard InChI is InChI=1S/C19H18Cl2N2O2/c1-10-8-11(6-7-22-10)17-15-4-5-16(25-15)18(17)19(24)23-12-2-3-13(20)14(21)9-12/h2-3,6-9,15-18H,4-5H2,1H3,(H,23,24)/t15-,16+,17-,18-/m0/s1. The van der Waals surface area contributed by atoms with E-state index in [-0.39, 0.29) is 30.0 Å². The number of nitrogens with one attached hydrogen (secondary N) is 1. The molecule has 1 aromatic carbocycles. The van der Waals surface area contributed by atoms with E-state index in [0.717, 1.165) is 24.1 Å². The number of pyridine rings is 1. The largest absolute Gasteiger partial charge is 0.373 e. The highest BCUT2D eigenvalue weighted by Crippen LogP contribution is 2.49. The third kappa shape index (κ3) is 3.14. The Labute approximate surface area is 156 Å². The van der Waals surface area contributed by atoms with Crippen molar-refractivity contribution in [3.05, 3.63) is 57.8 Å². The van der Waals surface area contributed by atoms with Crippen molar-refractivity contribution < 1.29 is 9.53 Å². The van der Waals surface area contributed by atoms with E-state index >= 15 is 0 Å². The van der Waals surface area contributed by atoms with Gasteiger partial charge in [-0.15, -0.1) is 0 Å². The summed E-state index contributed by atoms with van der Waals surface area (Å²) in [5.74, 6) is -0.191. The van der Waals surface area contributed by atoms with Crippen LogP contribution in [0.15, 0.2) is 36.5 Å². The molecule has 25 heavy (non-hydrogen) atoms. The van der Waals surface area contributed by atoms with Crippen LogP contribution in [-0.4, -0.2) is 23.1 Å². The molecule has 130 valence electrons. The molecular formula is C19H18Cl2N2O2. The molecule has 4 nitrogen and oxygen atoms in total. The summed E-state index contributed by atoms with van der Waals surface area (Å²) in [5.41, 5.74) is 2.71. The Hall–Kier alpha value is -1.62. The number of hydrogen-bond donors (Lipinski definition) is 1. The first-order chi connectivity index (χ1) is 12.0. The topological polar surface area (TPSA) is 51.2 Å². The lowest BCUT2D eigenvalue weighted by Gasteiger charge is -2.27. The first kappa shape index (κ1) is 16.8. The lowest BCUT2D eigenvalue weighted by atomic mass is 9.75. The van der Waals surface area contributed by atoms with Gasteiger partial charge in [0, 0.05) is 23.5 Å². The summed E-state index contributed by atoms with van der Waals surface area (Å²) in [5, 5.41) is 3.86. The summed E-state index contributed by atoms with van der Waals surface area (Å²) in [6.07, 6.45) is 3.77. The first-order valence-electron chi connectivity index (χ1n) is 8.37. The molecule has 2 aliphatic rings. The van der Waals surface area contributed by atoms with Gasteiger partial charge in [0.05, 0.1) is 28.2 Å². The number of rotatable bonds is 3. The lowest BCUT2D eigenvalue weighted by molar-refractivity contribution is -0.121. The van der Waals surface area contributed by atoms with Gasteiger partial charge in [0.1, 0.15) is 0 Å². The number of ether oxygens (including phenoxy) is 1. The molecule has 0 aliphatic carbocycles. The summed E-state index contributed by atoms with van der Waals surface area (Å²) in [4.78, 5) is 17.2. The van der Waals surface area contributed by atoms with E-state index in [1.165, 1.54) is 0 Å². The monoisotopic (exact) mass is 376 g/mol. The Balaban J connectivity index is 1.60. The molecule has 2 bridgehead atoms. The Morgan fingerprint density at radius 1 is 1.16 bits per heavy atom. The van der Waals surface area contributed by atoms with Crippen molar-refractivity contribution in [2.24, 2.45) is 5.92 Å². The fraction of sp³-hybridized carbons (Fsp3) is 0.368. The average molecular weight is 377 g/mol. The number of benzene rings is 1. The van der Waals surface area contributed by atoms with Gasteiger partial charge in [-0.05, 0) is 55.7 Å². The molecule has 3 heterocycles. The Bertz CT molecular complexity index is 827. The average Bonchev–Trinajstić information content (AvgIpc) is 3.19. The maximum absolute atomic E-state index is 13.0. The second-order valence-corrected chi connectivity index (χ2v) is 7.50. The molecule has 0 saturated carbocycles. The van der Waals surface area contributed by atoms with Crippen molar-refractivity contribution in [3.63, 3.8) is 0 Å². The van der Waals surface area contributed by atoms with Gasteiger partial charge in [-0.3, -0.25) is 9.78 Å². The maximum atomic E-state index is 13.0. The normalized spacial score (nSPS) is 27.5. The summed E-state index contributed by atoms with van der Waals surface area (Å²) in [6.45, 7) is 1.96. The fourth-order valence-corrected chi connectivity index (χ4v) is 4.31. The van der Waals surface area contributed by atoms with Crippen molar-refractivity contribution in [1.29, 1.82) is 0 Å². The molecule has 2 aliphatic heterocycles. The second kappa shape index (κ2) is 6.60. The zero-order valence-electron chi connectivity index (χ0n) is 13.7. The molecule has 4 rings (SSSR count). The van der Waals surface area contributed by atoms with E-state index < -0.39 is 0 Å². The molecule has 2 aromatic rings. The minimum atomic E-state index is -0.213. The van der Waals surface area contributed by atoms with Crippen LogP contribution in [0, 0.1) is 12.8 Å². The third-order valence-electron chi connectivity index (χ3n) is 5.07. The highest BCUT2D eigenvalue weighted by atomic mass is 35.5. The van der Waals surface area contributed by atoms with Crippen LogP contribution < -0.4 is 5.32 Å². The molecular weight excluding hydrogens is 359 g/mol. The minimum Gasteiger partial charge on any atom is -0.373 e. The number of aromatic nitrogens is 1. The number of carbonyl (C=O) groups is 1. The summed E-state index contributed by atoms with van der Waals surface area (Å²) in [7, 11) is 0. The number of anilines is 1. The molecule has 1 amide bonds. The van der Waals surface area contributed by atoms with Crippen molar-refractivity contribution >= 4 is 34.8 Å². The van der Waals surface area contributed by atoms with Crippen LogP contribution in [0.1, 0.15) is 30.0 Å². The minimum absolute atomic E-state index is 0.0359. The summed E-state index contributed by atoms with van der Waals surface area (Å²) < 4.78 is 6.07. The second-order valence-electron chi connectivity index (χ2n) is 6.69. The van der Waals surface area contributed by atoms with E-state index in [4.69, 9.17) is 27.9 Å². The van der Waals surface area contributed by atoms with Crippen LogP contribution >= 0.6 is 23.2 Å². The predicted octanol–water partition coefficient (Wildman–Crippen LogP) is 4.60. The number of fused-ring (bicyclic) bond motifs is 2. The van der Waals surface area contributed by atoms with E-state index in [9.17, 15) is 4.79 Å². The third-order valence-corrected chi connectivity index (χ3v) is 5.81. The maximum Gasteiger partial charge on any atom is 0.230 e. The molecule has 1 aromatic heterocycles. The van der Waals surface area contributed by atoms with Gasteiger partial charge in [-0.25, -0.2) is 0 Å². The zero-order valence-corrected chi connectivity index (χ0v) is 15.2. The zero-order chi connectivity index (χ0) is 17.6. The Kier molecular flexibility index (Phi) is 4.44. The fourth-order valence-electron chi connectivity index (χ4n) is 4.01. The van der Waals surface area contributed by atoms with E-state index in [0.29, 0.717) is 15.7 Å².